The third-order valence-electron chi connectivity index (χ3n) is 2.79. The molecule has 96 valence electrons. The van der Waals surface area contributed by atoms with E-state index >= 15 is 0 Å². The van der Waals surface area contributed by atoms with Gasteiger partial charge in [0.25, 0.3) is 0 Å². The van der Waals surface area contributed by atoms with E-state index in [1.54, 1.807) is 18.4 Å². The van der Waals surface area contributed by atoms with Crippen LogP contribution in [0.2, 0.25) is 0 Å². The van der Waals surface area contributed by atoms with Crippen molar-refractivity contribution in [3.8, 4) is 17.2 Å². The monoisotopic (exact) mass is 382 g/mol. The van der Waals surface area contributed by atoms with Crippen LogP contribution in [-0.4, -0.2) is 7.11 Å². The second kappa shape index (κ2) is 5.38. The number of methoxy groups -OCH3 is 1. The molecule has 0 bridgehead atoms. The molecule has 0 amide bonds. The molecule has 0 aliphatic heterocycles. The summed E-state index contributed by atoms with van der Waals surface area (Å²) < 4.78 is 13.6. The molecule has 0 spiro atoms. The lowest BCUT2D eigenvalue weighted by molar-refractivity contribution is 0.413. The van der Waals surface area contributed by atoms with Crippen LogP contribution in [0.3, 0.4) is 0 Å². The summed E-state index contributed by atoms with van der Waals surface area (Å²) in [4.78, 5) is 0. The summed E-state index contributed by atoms with van der Waals surface area (Å²) in [5.74, 6) is 2.59. The Morgan fingerprint density at radius 2 is 1.63 bits per heavy atom. The summed E-state index contributed by atoms with van der Waals surface area (Å²) in [6, 6.07) is 15.9. The molecule has 1 heterocycles. The summed E-state index contributed by atoms with van der Waals surface area (Å²) in [6.07, 6.45) is 0. The van der Waals surface area contributed by atoms with E-state index in [2.05, 4.69) is 34.7 Å². The van der Waals surface area contributed by atoms with Crippen LogP contribution in [0.4, 0.5) is 0 Å². The molecule has 0 saturated heterocycles. The lowest BCUT2D eigenvalue weighted by Crippen LogP contribution is -1.86. The zero-order chi connectivity index (χ0) is 13.2. The number of hydrogen-bond acceptors (Lipinski definition) is 3. The molecule has 0 fully saturated rings. The highest BCUT2D eigenvalue weighted by atomic mass is 127. The van der Waals surface area contributed by atoms with Crippen molar-refractivity contribution < 1.29 is 9.47 Å². The van der Waals surface area contributed by atoms with Crippen LogP contribution in [0.15, 0.2) is 48.5 Å². The largest absolute Gasteiger partial charge is 0.497 e. The van der Waals surface area contributed by atoms with Gasteiger partial charge in [0, 0.05) is 10.1 Å². The van der Waals surface area contributed by atoms with E-state index in [0.717, 1.165) is 25.5 Å². The summed E-state index contributed by atoms with van der Waals surface area (Å²) in [6.45, 7) is 0. The minimum Gasteiger partial charge on any atom is -0.497 e. The van der Waals surface area contributed by atoms with Gasteiger partial charge in [0.15, 0.2) is 5.75 Å². The molecular formula is C15H11IO2S. The number of rotatable bonds is 3. The molecule has 4 heteroatoms. The predicted octanol–water partition coefficient (Wildman–Crippen LogP) is 5.31. The van der Waals surface area contributed by atoms with E-state index in [-0.39, 0.29) is 0 Å². The standard InChI is InChI=1S/C15H11IO2S/c1-17-10-6-8-11(9-7-10)18-14-12-4-2-3-5-13(12)19-15(14)16/h2-9H,1H3. The molecule has 0 N–H and O–H groups in total. The first kappa shape index (κ1) is 12.7. The Balaban J connectivity index is 1.98. The molecule has 0 aliphatic carbocycles. The molecule has 0 saturated carbocycles. The van der Waals surface area contributed by atoms with Gasteiger partial charge < -0.3 is 9.47 Å². The summed E-state index contributed by atoms with van der Waals surface area (Å²) in [5, 5.41) is 1.16. The van der Waals surface area contributed by atoms with Crippen LogP contribution < -0.4 is 9.47 Å². The number of hydrogen-bond donors (Lipinski definition) is 0. The fraction of sp³-hybridized carbons (Fsp3) is 0.0667. The van der Waals surface area contributed by atoms with Crippen LogP contribution in [0.5, 0.6) is 17.2 Å². The Morgan fingerprint density at radius 1 is 0.947 bits per heavy atom. The number of ether oxygens (including phenoxy) is 2. The fourth-order valence-corrected chi connectivity index (χ4v) is 3.82. The fourth-order valence-electron chi connectivity index (χ4n) is 1.85. The van der Waals surface area contributed by atoms with Crippen LogP contribution in [0, 0.1) is 2.88 Å². The van der Waals surface area contributed by atoms with Crippen molar-refractivity contribution in [1.82, 2.24) is 0 Å². The maximum atomic E-state index is 6.01. The molecule has 0 unspecified atom stereocenters. The molecule has 0 aliphatic rings. The minimum absolute atomic E-state index is 0.822. The van der Waals surface area contributed by atoms with E-state index in [4.69, 9.17) is 9.47 Å². The molecule has 3 rings (SSSR count). The first-order valence-electron chi connectivity index (χ1n) is 5.77. The van der Waals surface area contributed by atoms with E-state index in [0.29, 0.717) is 0 Å². The average molecular weight is 382 g/mol. The molecule has 2 aromatic carbocycles. The number of thiophene rings is 1. The molecule has 0 atom stereocenters. The Hall–Kier alpha value is -1.27. The zero-order valence-electron chi connectivity index (χ0n) is 10.2. The van der Waals surface area contributed by atoms with E-state index in [1.807, 2.05) is 36.4 Å². The maximum absolute atomic E-state index is 6.01. The van der Waals surface area contributed by atoms with Gasteiger partial charge in [-0.1, -0.05) is 12.1 Å². The molecule has 3 aromatic rings. The lowest BCUT2D eigenvalue weighted by atomic mass is 10.2. The molecule has 1 aromatic heterocycles. The van der Waals surface area contributed by atoms with E-state index in [9.17, 15) is 0 Å². The Labute approximate surface area is 129 Å². The zero-order valence-corrected chi connectivity index (χ0v) is 13.2. The Kier molecular flexibility index (Phi) is 3.61. The Morgan fingerprint density at radius 3 is 2.37 bits per heavy atom. The molecule has 0 radical (unpaired) electrons. The lowest BCUT2D eigenvalue weighted by Gasteiger charge is -2.06. The number of fused-ring (bicyclic) bond motifs is 1. The number of benzene rings is 2. The quantitative estimate of drug-likeness (QED) is 0.572. The van der Waals surface area contributed by atoms with Gasteiger partial charge in [-0.15, -0.1) is 11.3 Å². The first-order chi connectivity index (χ1) is 9.28. The third kappa shape index (κ3) is 2.55. The van der Waals surface area contributed by atoms with Gasteiger partial charge >= 0.3 is 0 Å². The van der Waals surface area contributed by atoms with Crippen molar-refractivity contribution in [2.24, 2.45) is 0 Å². The average Bonchev–Trinajstić information content (AvgIpc) is 2.76. The maximum Gasteiger partial charge on any atom is 0.159 e. The van der Waals surface area contributed by atoms with Gasteiger partial charge in [-0.2, -0.15) is 0 Å². The summed E-state index contributed by atoms with van der Waals surface area (Å²) in [7, 11) is 1.66. The van der Waals surface area contributed by atoms with Gasteiger partial charge in [0.1, 0.15) is 14.4 Å². The number of halogens is 1. The van der Waals surface area contributed by atoms with Crippen LogP contribution >= 0.6 is 33.9 Å². The smallest absolute Gasteiger partial charge is 0.159 e. The van der Waals surface area contributed by atoms with Crippen molar-refractivity contribution in [2.75, 3.05) is 7.11 Å². The van der Waals surface area contributed by atoms with Gasteiger partial charge in [-0.25, -0.2) is 0 Å². The van der Waals surface area contributed by atoms with Crippen molar-refractivity contribution in [2.45, 2.75) is 0 Å². The second-order valence-electron chi connectivity index (χ2n) is 3.98. The van der Waals surface area contributed by atoms with Crippen molar-refractivity contribution in [3.05, 3.63) is 51.4 Å². The van der Waals surface area contributed by atoms with Crippen molar-refractivity contribution >= 4 is 44.0 Å². The van der Waals surface area contributed by atoms with Crippen molar-refractivity contribution in [3.63, 3.8) is 0 Å². The molecular weight excluding hydrogens is 371 g/mol. The van der Waals surface area contributed by atoms with Crippen LogP contribution in [0.1, 0.15) is 0 Å². The van der Waals surface area contributed by atoms with Gasteiger partial charge in [0.2, 0.25) is 0 Å². The second-order valence-corrected chi connectivity index (χ2v) is 6.84. The van der Waals surface area contributed by atoms with Crippen LogP contribution in [0.25, 0.3) is 10.1 Å². The van der Waals surface area contributed by atoms with Crippen LogP contribution in [-0.2, 0) is 0 Å². The summed E-state index contributed by atoms with van der Waals surface area (Å²) in [5.41, 5.74) is 0. The summed E-state index contributed by atoms with van der Waals surface area (Å²) >= 11 is 4.07. The minimum atomic E-state index is 0.822. The van der Waals surface area contributed by atoms with Gasteiger partial charge in [0.05, 0.1) is 7.11 Å². The molecule has 2 nitrogen and oxygen atoms in total. The predicted molar refractivity (Wildman–Crippen MR) is 87.6 cm³/mol. The highest BCUT2D eigenvalue weighted by Gasteiger charge is 2.11. The van der Waals surface area contributed by atoms with Crippen molar-refractivity contribution in [1.29, 1.82) is 0 Å². The normalized spacial score (nSPS) is 10.6. The van der Waals surface area contributed by atoms with Gasteiger partial charge in [-0.05, 0) is 59.0 Å². The van der Waals surface area contributed by atoms with E-state index in [1.165, 1.54) is 4.70 Å². The SMILES string of the molecule is COc1ccc(Oc2c(I)sc3ccccc23)cc1. The van der Waals surface area contributed by atoms with E-state index < -0.39 is 0 Å². The third-order valence-corrected chi connectivity index (χ3v) is 4.88. The van der Waals surface area contributed by atoms with Gasteiger partial charge in [-0.3, -0.25) is 0 Å². The highest BCUT2D eigenvalue weighted by molar-refractivity contribution is 14.1. The Bertz CT molecular complexity index is 704. The molecule has 19 heavy (non-hydrogen) atoms. The topological polar surface area (TPSA) is 18.5 Å². The highest BCUT2D eigenvalue weighted by Crippen LogP contribution is 2.40. The first-order valence-corrected chi connectivity index (χ1v) is 7.66.